The van der Waals surface area contributed by atoms with Crippen molar-refractivity contribution in [3.05, 3.63) is 89.1 Å². The second-order valence-corrected chi connectivity index (χ2v) is 7.27. The second kappa shape index (κ2) is 7.33. The highest BCUT2D eigenvalue weighted by Crippen LogP contribution is 2.34. The summed E-state index contributed by atoms with van der Waals surface area (Å²) in [6.07, 6.45) is 2.01. The number of benzene rings is 3. The van der Waals surface area contributed by atoms with E-state index in [1.165, 1.54) is 44.3 Å². The van der Waals surface area contributed by atoms with Crippen molar-refractivity contribution in [3.63, 3.8) is 0 Å². The maximum Gasteiger partial charge on any atom is 0.0783 e. The van der Waals surface area contributed by atoms with E-state index in [1.807, 2.05) is 13.1 Å². The van der Waals surface area contributed by atoms with Gasteiger partial charge < -0.3 is 0 Å². The van der Waals surface area contributed by atoms with Crippen LogP contribution in [0.2, 0.25) is 0 Å². The maximum absolute atomic E-state index is 4.89. The highest BCUT2D eigenvalue weighted by molar-refractivity contribution is 5.98. The molecular weight excluding hydrogens is 338 g/mol. The van der Waals surface area contributed by atoms with Crippen LogP contribution in [0.3, 0.4) is 0 Å². The minimum atomic E-state index is 1.05. The van der Waals surface area contributed by atoms with Crippen molar-refractivity contribution in [2.45, 2.75) is 27.7 Å². The molecule has 0 aliphatic carbocycles. The third kappa shape index (κ3) is 3.19. The van der Waals surface area contributed by atoms with Crippen LogP contribution < -0.4 is 0 Å². The summed E-state index contributed by atoms with van der Waals surface area (Å²) in [5.41, 5.74) is 10.6. The lowest BCUT2D eigenvalue weighted by Crippen LogP contribution is -1.93. The number of pyridine rings is 1. The van der Waals surface area contributed by atoms with Crippen LogP contribution in [-0.4, -0.2) is 4.98 Å². The standard InChI is InChI=1S/C27H23N/c1-5-7-21-12-15-23(19(3)16-21)25-9-6-8-24-20(4)26(17-28-27(24)25)22-13-10-18(2)11-14-22/h6,8-17H,1-4H3. The molecule has 1 aromatic heterocycles. The first-order chi connectivity index (χ1) is 13.6. The second-order valence-electron chi connectivity index (χ2n) is 7.27. The molecule has 0 aliphatic rings. The third-order valence-corrected chi connectivity index (χ3v) is 5.32. The monoisotopic (exact) mass is 361 g/mol. The SMILES string of the molecule is CC#Cc1ccc(-c2cccc3c(C)c(-c4ccc(C)cc4)cnc23)c(C)c1. The van der Waals surface area contributed by atoms with E-state index in [0.29, 0.717) is 0 Å². The Labute approximate surface area is 167 Å². The maximum atomic E-state index is 4.89. The van der Waals surface area contributed by atoms with Crippen molar-refractivity contribution in [1.29, 1.82) is 0 Å². The Balaban J connectivity index is 1.89. The van der Waals surface area contributed by atoms with Gasteiger partial charge in [0, 0.05) is 28.3 Å². The zero-order chi connectivity index (χ0) is 19.7. The van der Waals surface area contributed by atoms with E-state index in [9.17, 15) is 0 Å². The van der Waals surface area contributed by atoms with E-state index in [2.05, 4.69) is 93.3 Å². The Kier molecular flexibility index (Phi) is 4.72. The van der Waals surface area contributed by atoms with Crippen LogP contribution in [0.4, 0.5) is 0 Å². The van der Waals surface area contributed by atoms with Crippen molar-refractivity contribution >= 4 is 10.9 Å². The molecule has 0 fully saturated rings. The van der Waals surface area contributed by atoms with Crippen LogP contribution in [-0.2, 0) is 0 Å². The molecule has 0 unspecified atom stereocenters. The Morgan fingerprint density at radius 2 is 1.57 bits per heavy atom. The lowest BCUT2D eigenvalue weighted by Gasteiger charge is -2.14. The molecule has 0 N–H and O–H groups in total. The molecule has 1 nitrogen and oxygen atoms in total. The highest BCUT2D eigenvalue weighted by atomic mass is 14.7. The molecule has 0 saturated heterocycles. The molecule has 136 valence electrons. The van der Waals surface area contributed by atoms with Crippen molar-refractivity contribution in [1.82, 2.24) is 4.98 Å². The summed E-state index contributed by atoms with van der Waals surface area (Å²) in [5, 5.41) is 1.20. The third-order valence-electron chi connectivity index (χ3n) is 5.32. The highest BCUT2D eigenvalue weighted by Gasteiger charge is 2.12. The average molecular weight is 361 g/mol. The number of hydrogen-bond donors (Lipinski definition) is 0. The molecule has 0 radical (unpaired) electrons. The smallest absolute Gasteiger partial charge is 0.0783 e. The van der Waals surface area contributed by atoms with E-state index in [-0.39, 0.29) is 0 Å². The van der Waals surface area contributed by atoms with Gasteiger partial charge in [0.2, 0.25) is 0 Å². The van der Waals surface area contributed by atoms with Gasteiger partial charge in [0.15, 0.2) is 0 Å². The molecule has 1 heteroatoms. The molecule has 28 heavy (non-hydrogen) atoms. The zero-order valence-electron chi connectivity index (χ0n) is 16.8. The Hall–Kier alpha value is -3.37. The largest absolute Gasteiger partial charge is 0.255 e. The molecule has 0 spiro atoms. The average Bonchev–Trinajstić information content (AvgIpc) is 2.70. The van der Waals surface area contributed by atoms with Gasteiger partial charge in [0.25, 0.3) is 0 Å². The number of aromatic nitrogens is 1. The molecule has 4 aromatic rings. The summed E-state index contributed by atoms with van der Waals surface area (Å²) < 4.78 is 0. The fourth-order valence-electron chi connectivity index (χ4n) is 3.79. The molecule has 4 rings (SSSR count). The van der Waals surface area contributed by atoms with Gasteiger partial charge in [-0.1, -0.05) is 60.0 Å². The zero-order valence-corrected chi connectivity index (χ0v) is 16.8. The fourth-order valence-corrected chi connectivity index (χ4v) is 3.79. The van der Waals surface area contributed by atoms with Gasteiger partial charge in [-0.05, 0) is 62.1 Å². The summed E-state index contributed by atoms with van der Waals surface area (Å²) in [4.78, 5) is 4.89. The van der Waals surface area contributed by atoms with Gasteiger partial charge in [-0.25, -0.2) is 0 Å². The van der Waals surface area contributed by atoms with Crippen LogP contribution >= 0.6 is 0 Å². The number of nitrogens with zero attached hydrogens (tertiary/aromatic N) is 1. The quantitative estimate of drug-likeness (QED) is 0.355. The molecule has 0 bridgehead atoms. The fraction of sp³-hybridized carbons (Fsp3) is 0.148. The van der Waals surface area contributed by atoms with Crippen LogP contribution in [0, 0.1) is 32.6 Å². The van der Waals surface area contributed by atoms with Crippen LogP contribution in [0.25, 0.3) is 33.2 Å². The minimum absolute atomic E-state index is 1.05. The summed E-state index contributed by atoms with van der Waals surface area (Å²) in [5.74, 6) is 6.11. The van der Waals surface area contributed by atoms with E-state index >= 15 is 0 Å². The molecule has 3 aromatic carbocycles. The lowest BCUT2D eigenvalue weighted by molar-refractivity contribution is 1.35. The predicted molar refractivity (Wildman–Crippen MR) is 119 cm³/mol. The van der Waals surface area contributed by atoms with Crippen molar-refractivity contribution in [2.75, 3.05) is 0 Å². The van der Waals surface area contributed by atoms with E-state index in [1.54, 1.807) is 0 Å². The molecule has 0 aliphatic heterocycles. The first-order valence-corrected chi connectivity index (χ1v) is 9.57. The summed E-state index contributed by atoms with van der Waals surface area (Å²) in [7, 11) is 0. The van der Waals surface area contributed by atoms with Gasteiger partial charge >= 0.3 is 0 Å². The van der Waals surface area contributed by atoms with Gasteiger partial charge in [0.05, 0.1) is 5.52 Å². The van der Waals surface area contributed by atoms with Crippen LogP contribution in [0.15, 0.2) is 66.9 Å². The van der Waals surface area contributed by atoms with Gasteiger partial charge in [-0.3, -0.25) is 4.98 Å². The summed E-state index contributed by atoms with van der Waals surface area (Å²) >= 11 is 0. The molecule has 1 heterocycles. The number of rotatable bonds is 2. The van der Waals surface area contributed by atoms with Crippen molar-refractivity contribution in [2.24, 2.45) is 0 Å². The lowest BCUT2D eigenvalue weighted by atomic mass is 9.93. The van der Waals surface area contributed by atoms with E-state index in [4.69, 9.17) is 4.98 Å². The van der Waals surface area contributed by atoms with Gasteiger partial charge in [-0.2, -0.15) is 0 Å². The Bertz CT molecular complexity index is 1240. The number of hydrogen-bond acceptors (Lipinski definition) is 1. The van der Waals surface area contributed by atoms with E-state index in [0.717, 1.165) is 11.1 Å². The molecule has 0 amide bonds. The van der Waals surface area contributed by atoms with Crippen LogP contribution in [0.5, 0.6) is 0 Å². The van der Waals surface area contributed by atoms with Crippen molar-refractivity contribution < 1.29 is 0 Å². The molecule has 0 saturated carbocycles. The number of fused-ring (bicyclic) bond motifs is 1. The van der Waals surface area contributed by atoms with E-state index < -0.39 is 0 Å². The molecular formula is C27H23N. The number of para-hydroxylation sites is 1. The molecule has 0 atom stereocenters. The first kappa shape index (κ1) is 18.0. The number of aryl methyl sites for hydroxylation is 3. The Morgan fingerprint density at radius 1 is 0.786 bits per heavy atom. The summed E-state index contributed by atoms with van der Waals surface area (Å²) in [6, 6.07) is 21.5. The first-order valence-electron chi connectivity index (χ1n) is 9.57. The van der Waals surface area contributed by atoms with Crippen LogP contribution in [0.1, 0.15) is 29.2 Å². The van der Waals surface area contributed by atoms with Gasteiger partial charge in [0.1, 0.15) is 0 Å². The van der Waals surface area contributed by atoms with Gasteiger partial charge in [-0.15, -0.1) is 5.92 Å². The Morgan fingerprint density at radius 3 is 2.29 bits per heavy atom. The topological polar surface area (TPSA) is 12.9 Å². The minimum Gasteiger partial charge on any atom is -0.255 e. The normalized spacial score (nSPS) is 10.6. The predicted octanol–water partition coefficient (Wildman–Crippen LogP) is 6.87. The summed E-state index contributed by atoms with van der Waals surface area (Å²) in [6.45, 7) is 8.31. The van der Waals surface area contributed by atoms with Crippen molar-refractivity contribution in [3.8, 4) is 34.1 Å².